The number of nitrogens with one attached hydrogen (secondary N) is 1. The van der Waals surface area contributed by atoms with E-state index in [0.29, 0.717) is 31.1 Å². The van der Waals surface area contributed by atoms with Gasteiger partial charge in [0.2, 0.25) is 11.8 Å². The zero-order valence-corrected chi connectivity index (χ0v) is 15.6. The molecule has 0 saturated carbocycles. The average Bonchev–Trinajstić information content (AvgIpc) is 3.13. The highest BCUT2D eigenvalue weighted by atomic mass is 16.5. The fourth-order valence-corrected chi connectivity index (χ4v) is 3.09. The Balaban J connectivity index is 1.36. The highest BCUT2D eigenvalue weighted by Crippen LogP contribution is 2.17. The molecule has 140 valence electrons. The van der Waals surface area contributed by atoms with Crippen molar-refractivity contribution in [2.45, 2.75) is 33.2 Å². The highest BCUT2D eigenvalue weighted by Gasteiger charge is 2.18. The van der Waals surface area contributed by atoms with Crippen LogP contribution in [0.4, 0.5) is 5.69 Å². The Morgan fingerprint density at radius 1 is 1.27 bits per heavy atom. The van der Waals surface area contributed by atoms with Crippen molar-refractivity contribution in [1.29, 1.82) is 0 Å². The van der Waals surface area contributed by atoms with E-state index in [1.165, 1.54) is 11.3 Å². The standard InChI is InChI=1S/C19H27N5O2/c1-3-19-21-17(22-26-19)14-20-18(25)7-8-23-9-11-24(12-10-23)16-6-4-5-15(2)13-16/h4-6,13H,3,7-12,14H2,1-2H3,(H,20,25). The van der Waals surface area contributed by atoms with Crippen molar-refractivity contribution in [2.75, 3.05) is 37.6 Å². The van der Waals surface area contributed by atoms with E-state index in [2.05, 4.69) is 56.4 Å². The molecule has 1 aromatic heterocycles. The number of hydrogen-bond acceptors (Lipinski definition) is 6. The summed E-state index contributed by atoms with van der Waals surface area (Å²) in [7, 11) is 0. The molecule has 3 rings (SSSR count). The first-order valence-electron chi connectivity index (χ1n) is 9.26. The molecular weight excluding hydrogens is 330 g/mol. The molecule has 0 atom stereocenters. The summed E-state index contributed by atoms with van der Waals surface area (Å²) in [5.74, 6) is 1.15. The molecule has 7 heteroatoms. The predicted octanol–water partition coefficient (Wildman–Crippen LogP) is 1.77. The summed E-state index contributed by atoms with van der Waals surface area (Å²) in [6.45, 7) is 9.12. The number of piperazine rings is 1. The first kappa shape index (κ1) is 18.4. The van der Waals surface area contributed by atoms with E-state index in [1.54, 1.807) is 0 Å². The number of aryl methyl sites for hydroxylation is 2. The number of amides is 1. The minimum Gasteiger partial charge on any atom is -0.369 e. The van der Waals surface area contributed by atoms with Crippen LogP contribution >= 0.6 is 0 Å². The molecule has 0 spiro atoms. The van der Waals surface area contributed by atoms with Gasteiger partial charge in [0.1, 0.15) is 0 Å². The summed E-state index contributed by atoms with van der Waals surface area (Å²) in [5, 5.41) is 6.69. The first-order valence-corrected chi connectivity index (χ1v) is 9.26. The average molecular weight is 357 g/mol. The van der Waals surface area contributed by atoms with Gasteiger partial charge in [0.05, 0.1) is 6.54 Å². The molecule has 0 radical (unpaired) electrons. The smallest absolute Gasteiger partial charge is 0.226 e. The van der Waals surface area contributed by atoms with Crippen LogP contribution in [-0.4, -0.2) is 53.7 Å². The molecule has 0 aliphatic carbocycles. The highest BCUT2D eigenvalue weighted by molar-refractivity contribution is 5.75. The van der Waals surface area contributed by atoms with E-state index in [-0.39, 0.29) is 5.91 Å². The van der Waals surface area contributed by atoms with Crippen LogP contribution in [-0.2, 0) is 17.8 Å². The van der Waals surface area contributed by atoms with Crippen molar-refractivity contribution >= 4 is 11.6 Å². The van der Waals surface area contributed by atoms with Crippen LogP contribution in [0.5, 0.6) is 0 Å². The third-order valence-electron chi connectivity index (χ3n) is 4.65. The van der Waals surface area contributed by atoms with Gasteiger partial charge in [-0.05, 0) is 24.6 Å². The van der Waals surface area contributed by atoms with E-state index >= 15 is 0 Å². The Bertz CT molecular complexity index is 722. The number of rotatable bonds is 7. The second kappa shape index (κ2) is 8.80. The van der Waals surface area contributed by atoms with Crippen molar-refractivity contribution in [2.24, 2.45) is 0 Å². The molecule has 0 bridgehead atoms. The molecule has 1 saturated heterocycles. The molecule has 2 heterocycles. The molecule has 26 heavy (non-hydrogen) atoms. The molecule has 2 aromatic rings. The summed E-state index contributed by atoms with van der Waals surface area (Å²) >= 11 is 0. The molecular formula is C19H27N5O2. The maximum Gasteiger partial charge on any atom is 0.226 e. The van der Waals surface area contributed by atoms with Gasteiger partial charge < -0.3 is 14.7 Å². The van der Waals surface area contributed by atoms with Crippen LogP contribution in [0.1, 0.15) is 30.6 Å². The quantitative estimate of drug-likeness (QED) is 0.814. The van der Waals surface area contributed by atoms with Crippen LogP contribution in [0.3, 0.4) is 0 Å². The number of nitrogens with zero attached hydrogens (tertiary/aromatic N) is 4. The van der Waals surface area contributed by atoms with Crippen LogP contribution < -0.4 is 10.2 Å². The van der Waals surface area contributed by atoms with E-state index < -0.39 is 0 Å². The Hall–Kier alpha value is -2.41. The second-order valence-corrected chi connectivity index (χ2v) is 6.65. The van der Waals surface area contributed by atoms with Gasteiger partial charge in [0.25, 0.3) is 0 Å². The number of carbonyl (C=O) groups excluding carboxylic acids is 1. The molecule has 1 aliphatic rings. The summed E-state index contributed by atoms with van der Waals surface area (Å²) in [6.07, 6.45) is 1.19. The minimum absolute atomic E-state index is 0.0222. The third kappa shape index (κ3) is 5.05. The number of benzene rings is 1. The molecule has 1 amide bonds. The molecule has 7 nitrogen and oxygen atoms in total. The normalized spacial score (nSPS) is 15.2. The van der Waals surface area contributed by atoms with Gasteiger partial charge in [-0.25, -0.2) is 0 Å². The maximum atomic E-state index is 12.0. The van der Waals surface area contributed by atoms with E-state index in [1.807, 2.05) is 6.92 Å². The molecule has 0 unspecified atom stereocenters. The van der Waals surface area contributed by atoms with E-state index in [4.69, 9.17) is 4.52 Å². The van der Waals surface area contributed by atoms with Gasteiger partial charge in [0, 0.05) is 51.3 Å². The fourth-order valence-electron chi connectivity index (χ4n) is 3.09. The monoisotopic (exact) mass is 357 g/mol. The number of anilines is 1. The van der Waals surface area contributed by atoms with Gasteiger partial charge in [-0.3, -0.25) is 9.69 Å². The van der Waals surface area contributed by atoms with Crippen molar-refractivity contribution in [3.63, 3.8) is 0 Å². The fraction of sp³-hybridized carbons (Fsp3) is 0.526. The van der Waals surface area contributed by atoms with Gasteiger partial charge >= 0.3 is 0 Å². The van der Waals surface area contributed by atoms with Crippen LogP contribution in [0.2, 0.25) is 0 Å². The number of aromatic nitrogens is 2. The van der Waals surface area contributed by atoms with Crippen LogP contribution in [0.25, 0.3) is 0 Å². The summed E-state index contributed by atoms with van der Waals surface area (Å²) in [5.41, 5.74) is 2.57. The van der Waals surface area contributed by atoms with E-state index in [9.17, 15) is 4.79 Å². The Morgan fingerprint density at radius 3 is 2.77 bits per heavy atom. The summed E-state index contributed by atoms with van der Waals surface area (Å²) < 4.78 is 5.03. The van der Waals surface area contributed by atoms with Crippen LogP contribution in [0.15, 0.2) is 28.8 Å². The second-order valence-electron chi connectivity index (χ2n) is 6.65. The van der Waals surface area contributed by atoms with Crippen molar-refractivity contribution < 1.29 is 9.32 Å². The third-order valence-corrected chi connectivity index (χ3v) is 4.65. The van der Waals surface area contributed by atoms with Crippen molar-refractivity contribution in [3.05, 3.63) is 41.5 Å². The lowest BCUT2D eigenvalue weighted by Gasteiger charge is -2.36. The lowest BCUT2D eigenvalue weighted by Crippen LogP contribution is -2.47. The Kier molecular flexibility index (Phi) is 6.22. The Labute approximate surface area is 154 Å². The minimum atomic E-state index is 0.0222. The van der Waals surface area contributed by atoms with Gasteiger partial charge in [-0.15, -0.1) is 0 Å². The zero-order chi connectivity index (χ0) is 18.4. The lowest BCUT2D eigenvalue weighted by molar-refractivity contribution is -0.121. The zero-order valence-electron chi connectivity index (χ0n) is 15.6. The van der Waals surface area contributed by atoms with Crippen molar-refractivity contribution in [3.8, 4) is 0 Å². The number of carbonyl (C=O) groups is 1. The van der Waals surface area contributed by atoms with E-state index in [0.717, 1.165) is 32.7 Å². The number of hydrogen-bond donors (Lipinski definition) is 1. The predicted molar refractivity (Wildman–Crippen MR) is 100.0 cm³/mol. The largest absolute Gasteiger partial charge is 0.369 e. The maximum absolute atomic E-state index is 12.0. The lowest BCUT2D eigenvalue weighted by atomic mass is 10.2. The SMILES string of the molecule is CCc1nc(CNC(=O)CCN2CCN(c3cccc(C)c3)CC2)no1. The van der Waals surface area contributed by atoms with Gasteiger partial charge in [0.15, 0.2) is 5.82 Å². The van der Waals surface area contributed by atoms with Gasteiger partial charge in [-0.1, -0.05) is 24.2 Å². The van der Waals surface area contributed by atoms with Crippen molar-refractivity contribution in [1.82, 2.24) is 20.4 Å². The molecule has 1 fully saturated rings. The first-order chi connectivity index (χ1) is 12.6. The summed E-state index contributed by atoms with van der Waals surface area (Å²) in [4.78, 5) is 21.0. The summed E-state index contributed by atoms with van der Waals surface area (Å²) in [6, 6.07) is 8.62. The topological polar surface area (TPSA) is 74.5 Å². The van der Waals surface area contributed by atoms with Gasteiger partial charge in [-0.2, -0.15) is 4.98 Å². The molecule has 1 N–H and O–H groups in total. The Morgan fingerprint density at radius 2 is 2.08 bits per heavy atom. The molecule has 1 aliphatic heterocycles. The molecule has 1 aromatic carbocycles. The van der Waals surface area contributed by atoms with Crippen LogP contribution in [0, 0.1) is 6.92 Å².